The second-order valence-corrected chi connectivity index (χ2v) is 11.4. The van der Waals surface area contributed by atoms with Crippen LogP contribution in [0.3, 0.4) is 0 Å². The molecule has 0 amide bonds. The highest BCUT2D eigenvalue weighted by atomic mass is 16.6. The molecule has 0 unspecified atom stereocenters. The molecule has 0 heterocycles. The monoisotopic (exact) mass is 448 g/mol. The van der Waals surface area contributed by atoms with Crippen molar-refractivity contribution in [2.45, 2.75) is 103 Å². The fourth-order valence-corrected chi connectivity index (χ4v) is 6.79. The first-order valence-electron chi connectivity index (χ1n) is 12.5. The lowest BCUT2D eigenvalue weighted by molar-refractivity contribution is -0.372. The summed E-state index contributed by atoms with van der Waals surface area (Å²) >= 11 is 0. The second-order valence-electron chi connectivity index (χ2n) is 11.4. The first-order chi connectivity index (χ1) is 14.8. The maximum Gasteiger partial charge on any atom is 0.250 e. The zero-order valence-corrected chi connectivity index (χ0v) is 20.3. The van der Waals surface area contributed by atoms with Crippen LogP contribution in [0, 0.1) is 29.1 Å². The quantitative estimate of drug-likeness (QED) is 0.392. The Balaban J connectivity index is 1.77. The van der Waals surface area contributed by atoms with Crippen molar-refractivity contribution in [1.29, 1.82) is 0 Å². The molecule has 0 radical (unpaired) electrons. The summed E-state index contributed by atoms with van der Waals surface area (Å²) in [5.41, 5.74) is 1.95. The lowest BCUT2D eigenvalue weighted by atomic mass is 9.60. The normalized spacial score (nSPS) is 37.8. The molecule has 3 saturated carbocycles. The Hall–Kier alpha value is -0.980. The lowest BCUT2D eigenvalue weighted by Gasteiger charge is -2.45. The fourth-order valence-electron chi connectivity index (χ4n) is 6.79. The molecule has 5 nitrogen and oxygen atoms in total. The molecule has 3 rings (SSSR count). The first kappa shape index (κ1) is 25.6. The molecule has 3 aliphatic carbocycles. The minimum atomic E-state index is -3.04. The summed E-state index contributed by atoms with van der Waals surface area (Å²) in [6.07, 6.45) is 11.9. The fraction of sp³-hybridized carbons (Fsp3) is 0.778. The highest BCUT2D eigenvalue weighted by molar-refractivity contribution is 5.43. The van der Waals surface area contributed by atoms with Gasteiger partial charge in [-0.25, -0.2) is 0 Å². The van der Waals surface area contributed by atoms with Crippen molar-refractivity contribution in [2.24, 2.45) is 29.1 Å². The molecular formula is C27H44O5. The summed E-state index contributed by atoms with van der Waals surface area (Å²) in [5, 5.41) is 50.2. The Morgan fingerprint density at radius 2 is 1.75 bits per heavy atom. The van der Waals surface area contributed by atoms with E-state index in [0.29, 0.717) is 16.9 Å². The third-order valence-electron chi connectivity index (χ3n) is 8.86. The van der Waals surface area contributed by atoms with E-state index in [-0.39, 0.29) is 12.0 Å². The van der Waals surface area contributed by atoms with Crippen molar-refractivity contribution in [3.8, 4) is 0 Å². The van der Waals surface area contributed by atoms with Crippen LogP contribution < -0.4 is 0 Å². The van der Waals surface area contributed by atoms with Gasteiger partial charge in [-0.05, 0) is 66.8 Å². The molecule has 0 aromatic heterocycles. The van der Waals surface area contributed by atoms with Gasteiger partial charge in [-0.15, -0.1) is 0 Å². The maximum atomic E-state index is 10.2. The average Bonchev–Trinajstić information content (AvgIpc) is 3.06. The van der Waals surface area contributed by atoms with Crippen molar-refractivity contribution in [1.82, 2.24) is 0 Å². The molecule has 5 atom stereocenters. The van der Waals surface area contributed by atoms with Gasteiger partial charge in [0.05, 0.1) is 0 Å². The van der Waals surface area contributed by atoms with E-state index >= 15 is 0 Å². The van der Waals surface area contributed by atoms with E-state index in [1.54, 1.807) is 6.08 Å². The number of fused-ring (bicyclic) bond motifs is 1. The van der Waals surface area contributed by atoms with Crippen molar-refractivity contribution < 1.29 is 25.5 Å². The van der Waals surface area contributed by atoms with Crippen LogP contribution in [0.25, 0.3) is 0 Å². The summed E-state index contributed by atoms with van der Waals surface area (Å²) < 4.78 is 0. The Labute approximate surface area is 193 Å². The highest BCUT2D eigenvalue weighted by Gasteiger charge is 2.58. The van der Waals surface area contributed by atoms with Crippen LogP contribution in [0.5, 0.6) is 0 Å². The van der Waals surface area contributed by atoms with E-state index in [2.05, 4.69) is 40.3 Å². The third kappa shape index (κ3) is 4.52. The van der Waals surface area contributed by atoms with E-state index in [1.807, 2.05) is 0 Å². The molecule has 0 aromatic rings. The number of hydrogen-bond donors (Lipinski definition) is 5. The van der Waals surface area contributed by atoms with Crippen LogP contribution in [0.15, 0.2) is 35.5 Å². The molecule has 3 aliphatic rings. The van der Waals surface area contributed by atoms with Crippen LogP contribution >= 0.6 is 0 Å². The molecule has 5 N–H and O–H groups in total. The van der Waals surface area contributed by atoms with Gasteiger partial charge in [-0.1, -0.05) is 71.3 Å². The summed E-state index contributed by atoms with van der Waals surface area (Å²) in [4.78, 5) is 0. The molecule has 0 aromatic carbocycles. The molecule has 3 fully saturated rings. The third-order valence-corrected chi connectivity index (χ3v) is 8.86. The van der Waals surface area contributed by atoms with Crippen molar-refractivity contribution in [3.63, 3.8) is 0 Å². The number of aliphatic hydroxyl groups is 5. The van der Waals surface area contributed by atoms with Crippen molar-refractivity contribution >= 4 is 0 Å². The average molecular weight is 449 g/mol. The van der Waals surface area contributed by atoms with Crippen LogP contribution in [-0.2, 0) is 0 Å². The molecule has 32 heavy (non-hydrogen) atoms. The Morgan fingerprint density at radius 3 is 2.41 bits per heavy atom. The van der Waals surface area contributed by atoms with Crippen LogP contribution in [0.4, 0.5) is 0 Å². The van der Waals surface area contributed by atoms with Crippen molar-refractivity contribution in [2.75, 3.05) is 0 Å². The number of hydrogen-bond acceptors (Lipinski definition) is 5. The smallest absolute Gasteiger partial charge is 0.250 e. The zero-order chi connectivity index (χ0) is 23.9. The number of rotatable bonds is 6. The van der Waals surface area contributed by atoms with Crippen LogP contribution in [-0.4, -0.2) is 43.2 Å². The Bertz CT molecular complexity index is 762. The van der Waals surface area contributed by atoms with Crippen molar-refractivity contribution in [3.05, 3.63) is 35.5 Å². The van der Waals surface area contributed by atoms with E-state index in [0.717, 1.165) is 30.6 Å². The second kappa shape index (κ2) is 9.34. The SMILES string of the molecule is C=C1/C(=C\C=C2/CCC[C@]3(C)[C@@H]([C@H](C)CCCC(C)C)CC[C@@H]23)C[C@@H](O)C(O)(O)C1(O)O. The summed E-state index contributed by atoms with van der Waals surface area (Å²) in [7, 11) is 0. The van der Waals surface area contributed by atoms with E-state index in [4.69, 9.17) is 0 Å². The topological polar surface area (TPSA) is 101 Å². The number of aliphatic hydroxyl groups excluding tert-OH is 1. The maximum absolute atomic E-state index is 10.2. The first-order valence-corrected chi connectivity index (χ1v) is 12.5. The van der Waals surface area contributed by atoms with Gasteiger partial charge in [0.15, 0.2) is 0 Å². The van der Waals surface area contributed by atoms with E-state index in [1.165, 1.54) is 44.1 Å². The minimum absolute atomic E-state index is 0.0874. The number of allylic oxidation sites excluding steroid dienone is 3. The van der Waals surface area contributed by atoms with Gasteiger partial charge in [-0.2, -0.15) is 0 Å². The molecule has 0 bridgehead atoms. The largest absolute Gasteiger partial charge is 0.387 e. The molecule has 0 saturated heterocycles. The highest BCUT2D eigenvalue weighted by Crippen LogP contribution is 2.60. The van der Waals surface area contributed by atoms with Gasteiger partial charge >= 0.3 is 0 Å². The molecular weight excluding hydrogens is 404 g/mol. The van der Waals surface area contributed by atoms with Gasteiger partial charge in [-0.3, -0.25) is 0 Å². The van der Waals surface area contributed by atoms with E-state index < -0.39 is 17.7 Å². The standard InChI is InChI=1S/C27H44O5/c1-17(2)8-6-9-18(3)22-13-14-23-20(10-7-15-25(22,23)5)11-12-21-16-24(28)27(31,32)26(29,30)19(21)4/h11-12,17-18,22-24,28-32H,4,6-10,13-16H2,1-3,5H3/b20-11+,21-12-/t18-,22-,23+,24-,25-/m1/s1. The van der Waals surface area contributed by atoms with Gasteiger partial charge in [0.25, 0.3) is 0 Å². The van der Waals surface area contributed by atoms with Crippen LogP contribution in [0.2, 0.25) is 0 Å². The summed E-state index contributed by atoms with van der Waals surface area (Å²) in [6.45, 7) is 13.2. The van der Waals surface area contributed by atoms with Gasteiger partial charge in [0, 0.05) is 12.0 Å². The Morgan fingerprint density at radius 1 is 1.06 bits per heavy atom. The Kier molecular flexibility index (Phi) is 7.49. The molecule has 182 valence electrons. The predicted molar refractivity (Wildman–Crippen MR) is 126 cm³/mol. The summed E-state index contributed by atoms with van der Waals surface area (Å²) in [6, 6.07) is 0. The van der Waals surface area contributed by atoms with Gasteiger partial charge in [0.2, 0.25) is 11.6 Å². The van der Waals surface area contributed by atoms with Gasteiger partial charge in [0.1, 0.15) is 6.10 Å². The van der Waals surface area contributed by atoms with Crippen LogP contribution in [0.1, 0.15) is 85.5 Å². The molecule has 0 spiro atoms. The van der Waals surface area contributed by atoms with Gasteiger partial charge < -0.3 is 25.5 Å². The molecule has 0 aliphatic heterocycles. The predicted octanol–water partition coefficient (Wildman–Crippen LogP) is 4.20. The lowest BCUT2D eigenvalue weighted by Crippen LogP contribution is -2.65. The zero-order valence-electron chi connectivity index (χ0n) is 20.3. The minimum Gasteiger partial charge on any atom is -0.387 e. The summed E-state index contributed by atoms with van der Waals surface area (Å²) in [5.74, 6) is -3.29. The molecule has 5 heteroatoms. The van der Waals surface area contributed by atoms with E-state index in [9.17, 15) is 25.5 Å².